The van der Waals surface area contributed by atoms with E-state index in [0.29, 0.717) is 19.3 Å². The Kier molecular flexibility index (Phi) is 7.71. The molecule has 4 heteroatoms. The highest BCUT2D eigenvalue weighted by Gasteiger charge is 2.25. The first-order chi connectivity index (χ1) is 12.9. The SMILES string of the molecule is CC(C)(C)OC(=O)[C@@H](CCCCF)N=C(c1ccccc1)c1ccccc1. The normalized spacial score (nSPS) is 12.3. The first-order valence-corrected chi connectivity index (χ1v) is 9.38. The van der Waals surface area contributed by atoms with Crippen LogP contribution in [-0.4, -0.2) is 30.0 Å². The molecule has 0 aliphatic carbocycles. The van der Waals surface area contributed by atoms with Crippen LogP contribution in [-0.2, 0) is 9.53 Å². The third-order valence-electron chi connectivity index (χ3n) is 3.92. The predicted octanol–water partition coefficient (Wildman–Crippen LogP) is 5.37. The minimum Gasteiger partial charge on any atom is -0.458 e. The van der Waals surface area contributed by atoms with Crippen molar-refractivity contribution in [2.45, 2.75) is 51.7 Å². The van der Waals surface area contributed by atoms with Crippen LogP contribution in [0.15, 0.2) is 65.7 Å². The number of rotatable bonds is 8. The van der Waals surface area contributed by atoms with E-state index in [9.17, 15) is 9.18 Å². The molecule has 144 valence electrons. The quantitative estimate of drug-likeness (QED) is 0.356. The van der Waals surface area contributed by atoms with Crippen LogP contribution in [0.25, 0.3) is 0 Å². The summed E-state index contributed by atoms with van der Waals surface area (Å²) in [5, 5.41) is 0. The van der Waals surface area contributed by atoms with Gasteiger partial charge < -0.3 is 4.74 Å². The Hall–Kier alpha value is -2.49. The molecular weight excluding hydrogens is 341 g/mol. The molecule has 2 aromatic carbocycles. The Morgan fingerprint density at radius 1 is 0.963 bits per heavy atom. The number of alkyl halides is 1. The van der Waals surface area contributed by atoms with Gasteiger partial charge in [-0.25, -0.2) is 4.79 Å². The Morgan fingerprint density at radius 3 is 1.93 bits per heavy atom. The van der Waals surface area contributed by atoms with Crippen LogP contribution in [0.4, 0.5) is 4.39 Å². The van der Waals surface area contributed by atoms with Gasteiger partial charge >= 0.3 is 5.97 Å². The maximum Gasteiger partial charge on any atom is 0.331 e. The van der Waals surface area contributed by atoms with Crippen molar-refractivity contribution in [1.82, 2.24) is 0 Å². The first-order valence-electron chi connectivity index (χ1n) is 9.38. The van der Waals surface area contributed by atoms with Gasteiger partial charge in [0.15, 0.2) is 0 Å². The minimum absolute atomic E-state index is 0.370. The van der Waals surface area contributed by atoms with E-state index in [0.717, 1.165) is 16.8 Å². The van der Waals surface area contributed by atoms with E-state index in [2.05, 4.69) is 0 Å². The van der Waals surface area contributed by atoms with E-state index in [4.69, 9.17) is 9.73 Å². The van der Waals surface area contributed by atoms with Gasteiger partial charge in [0, 0.05) is 11.1 Å². The summed E-state index contributed by atoms with van der Waals surface area (Å²) in [7, 11) is 0. The molecule has 0 heterocycles. The molecule has 0 saturated carbocycles. The molecule has 1 atom stereocenters. The number of esters is 1. The van der Waals surface area contributed by atoms with Crippen LogP contribution in [0.5, 0.6) is 0 Å². The van der Waals surface area contributed by atoms with Crippen LogP contribution in [0, 0.1) is 0 Å². The highest BCUT2D eigenvalue weighted by atomic mass is 19.1. The number of aliphatic imine (C=N–C) groups is 1. The second-order valence-corrected chi connectivity index (χ2v) is 7.44. The van der Waals surface area contributed by atoms with Crippen LogP contribution < -0.4 is 0 Å². The zero-order valence-corrected chi connectivity index (χ0v) is 16.3. The molecule has 0 unspecified atom stereocenters. The fourth-order valence-electron chi connectivity index (χ4n) is 2.70. The van der Waals surface area contributed by atoms with E-state index in [1.54, 1.807) is 0 Å². The largest absolute Gasteiger partial charge is 0.458 e. The van der Waals surface area contributed by atoms with Crippen LogP contribution >= 0.6 is 0 Å². The summed E-state index contributed by atoms with van der Waals surface area (Å²) in [6.45, 7) is 5.11. The average Bonchev–Trinajstić information content (AvgIpc) is 2.64. The molecule has 0 spiro atoms. The third-order valence-corrected chi connectivity index (χ3v) is 3.92. The van der Waals surface area contributed by atoms with Crippen LogP contribution in [0.2, 0.25) is 0 Å². The van der Waals surface area contributed by atoms with Crippen molar-refractivity contribution in [3.05, 3.63) is 71.8 Å². The Labute approximate surface area is 161 Å². The molecule has 27 heavy (non-hydrogen) atoms. The van der Waals surface area contributed by atoms with E-state index in [1.165, 1.54) is 0 Å². The molecule has 0 aliphatic rings. The first kappa shape index (κ1) is 20.8. The predicted molar refractivity (Wildman–Crippen MR) is 108 cm³/mol. The summed E-state index contributed by atoms with van der Waals surface area (Å²) >= 11 is 0. The Balaban J connectivity index is 2.41. The number of carbonyl (C=O) groups is 1. The molecule has 2 rings (SSSR count). The maximum absolute atomic E-state index is 12.7. The van der Waals surface area contributed by atoms with Crippen molar-refractivity contribution in [3.8, 4) is 0 Å². The molecule has 0 bridgehead atoms. The number of benzene rings is 2. The monoisotopic (exact) mass is 369 g/mol. The van der Waals surface area contributed by atoms with Crippen LogP contribution in [0.1, 0.15) is 51.2 Å². The van der Waals surface area contributed by atoms with Gasteiger partial charge in [-0.2, -0.15) is 0 Å². The highest BCUT2D eigenvalue weighted by Crippen LogP contribution is 2.18. The van der Waals surface area contributed by atoms with E-state index in [-0.39, 0.29) is 5.97 Å². The minimum atomic E-state index is -0.661. The maximum atomic E-state index is 12.7. The third kappa shape index (κ3) is 6.97. The number of unbranched alkanes of at least 4 members (excludes halogenated alkanes) is 1. The van der Waals surface area contributed by atoms with Gasteiger partial charge in [0.25, 0.3) is 0 Å². The second-order valence-electron chi connectivity index (χ2n) is 7.44. The summed E-state index contributed by atoms with van der Waals surface area (Å²) in [5.74, 6) is -0.370. The lowest BCUT2D eigenvalue weighted by molar-refractivity contribution is -0.156. The molecule has 0 amide bonds. The van der Waals surface area contributed by atoms with Crippen molar-refractivity contribution < 1.29 is 13.9 Å². The van der Waals surface area contributed by atoms with Crippen molar-refractivity contribution >= 4 is 11.7 Å². The summed E-state index contributed by atoms with van der Waals surface area (Å²) in [5.41, 5.74) is 2.02. The van der Waals surface area contributed by atoms with Gasteiger partial charge in [0.05, 0.1) is 12.4 Å². The van der Waals surface area contributed by atoms with Crippen LogP contribution in [0.3, 0.4) is 0 Å². The van der Waals surface area contributed by atoms with Gasteiger partial charge in [-0.05, 0) is 40.0 Å². The molecular formula is C23H28FNO2. The highest BCUT2D eigenvalue weighted by molar-refractivity contribution is 6.13. The van der Waals surface area contributed by atoms with Crippen molar-refractivity contribution in [1.29, 1.82) is 0 Å². The van der Waals surface area contributed by atoms with Gasteiger partial charge in [-0.3, -0.25) is 9.38 Å². The number of nitrogens with zero attached hydrogens (tertiary/aromatic N) is 1. The Morgan fingerprint density at radius 2 is 1.48 bits per heavy atom. The molecule has 0 radical (unpaired) electrons. The standard InChI is InChI=1S/C23H28FNO2/c1-23(2,3)27-22(26)20(16-10-11-17-24)25-21(18-12-6-4-7-13-18)19-14-8-5-9-15-19/h4-9,12-15,20H,10-11,16-17H2,1-3H3/t20-/m1/s1. The number of hydrogen-bond acceptors (Lipinski definition) is 3. The number of ether oxygens (including phenoxy) is 1. The fourth-order valence-corrected chi connectivity index (χ4v) is 2.70. The van der Waals surface area contributed by atoms with Gasteiger partial charge in [0.2, 0.25) is 0 Å². The van der Waals surface area contributed by atoms with Gasteiger partial charge in [0.1, 0.15) is 11.6 Å². The van der Waals surface area contributed by atoms with E-state index < -0.39 is 18.3 Å². The average molecular weight is 369 g/mol. The Bertz CT molecular complexity index is 694. The molecule has 0 fully saturated rings. The zero-order valence-electron chi connectivity index (χ0n) is 16.3. The molecule has 2 aromatic rings. The van der Waals surface area contributed by atoms with Crippen molar-refractivity contribution in [3.63, 3.8) is 0 Å². The topological polar surface area (TPSA) is 38.7 Å². The number of carbonyl (C=O) groups excluding carboxylic acids is 1. The lowest BCUT2D eigenvalue weighted by Gasteiger charge is -2.23. The number of halogens is 1. The molecule has 0 aromatic heterocycles. The summed E-state index contributed by atoms with van der Waals surface area (Å²) in [6, 6.07) is 18.9. The lowest BCUT2D eigenvalue weighted by atomic mass is 10.0. The van der Waals surface area contributed by atoms with Gasteiger partial charge in [-0.15, -0.1) is 0 Å². The molecule has 0 N–H and O–H groups in total. The summed E-state index contributed by atoms with van der Waals surface area (Å²) < 4.78 is 18.1. The van der Waals surface area contributed by atoms with E-state index in [1.807, 2.05) is 81.4 Å². The van der Waals surface area contributed by atoms with Crippen molar-refractivity contribution in [2.75, 3.05) is 6.67 Å². The van der Waals surface area contributed by atoms with E-state index >= 15 is 0 Å². The summed E-state index contributed by atoms with van der Waals surface area (Å²) in [4.78, 5) is 17.5. The smallest absolute Gasteiger partial charge is 0.331 e. The second kappa shape index (κ2) is 10.0. The van der Waals surface area contributed by atoms with Crippen molar-refractivity contribution in [2.24, 2.45) is 4.99 Å². The van der Waals surface area contributed by atoms with Gasteiger partial charge in [-0.1, -0.05) is 60.7 Å². The molecule has 3 nitrogen and oxygen atoms in total. The number of hydrogen-bond donors (Lipinski definition) is 0. The molecule has 0 aliphatic heterocycles. The molecule has 0 saturated heterocycles. The zero-order chi connectivity index (χ0) is 19.7. The lowest BCUT2D eigenvalue weighted by Crippen LogP contribution is -2.31. The fraction of sp³-hybridized carbons (Fsp3) is 0.391. The summed E-state index contributed by atoms with van der Waals surface area (Å²) in [6.07, 6.45) is 1.46.